The number of fused-ring (bicyclic) bond motifs is 1. The summed E-state index contributed by atoms with van der Waals surface area (Å²) in [7, 11) is 1.99. The third-order valence-corrected chi connectivity index (χ3v) is 6.92. The number of hydrogen-bond acceptors (Lipinski definition) is 7. The Balaban J connectivity index is 1.68. The lowest BCUT2D eigenvalue weighted by Crippen LogP contribution is -2.35. The quantitative estimate of drug-likeness (QED) is 0.476. The van der Waals surface area contributed by atoms with E-state index in [1.54, 1.807) is 18.0 Å². The van der Waals surface area contributed by atoms with E-state index in [9.17, 15) is 4.79 Å². The second-order valence-electron chi connectivity index (χ2n) is 9.26. The van der Waals surface area contributed by atoms with Crippen molar-refractivity contribution in [3.05, 3.63) is 77.4 Å². The van der Waals surface area contributed by atoms with E-state index < -0.39 is 5.91 Å². The van der Waals surface area contributed by atoms with Gasteiger partial charge in [-0.05, 0) is 35.6 Å². The maximum absolute atomic E-state index is 11.9. The Morgan fingerprint density at radius 2 is 1.79 bits per heavy atom. The second kappa shape index (κ2) is 9.64. The summed E-state index contributed by atoms with van der Waals surface area (Å²) >= 11 is 1.64. The van der Waals surface area contributed by atoms with Crippen LogP contribution in [0.1, 0.15) is 61.3 Å². The zero-order valence-corrected chi connectivity index (χ0v) is 21.1. The van der Waals surface area contributed by atoms with E-state index >= 15 is 0 Å². The van der Waals surface area contributed by atoms with Gasteiger partial charge < -0.3 is 10.6 Å². The Hall–Kier alpha value is -3.10. The van der Waals surface area contributed by atoms with Gasteiger partial charge in [0.15, 0.2) is 6.17 Å². The molecule has 4 rings (SSSR count). The normalized spacial score (nSPS) is 15.5. The number of amides is 1. The molecule has 7 nitrogen and oxygen atoms in total. The Bertz CT molecular complexity index is 1180. The number of primary amides is 1. The van der Waals surface area contributed by atoms with Gasteiger partial charge in [0.25, 0.3) is 5.91 Å². The van der Waals surface area contributed by atoms with Crippen molar-refractivity contribution in [2.24, 2.45) is 5.73 Å². The van der Waals surface area contributed by atoms with Crippen molar-refractivity contribution in [3.8, 4) is 0 Å². The lowest BCUT2D eigenvalue weighted by Gasteiger charge is -2.30. The number of hydroxylamine groups is 1. The molecule has 0 radical (unpaired) electrons. The minimum atomic E-state index is -0.656. The summed E-state index contributed by atoms with van der Waals surface area (Å²) in [5.74, 6) is 0.0840. The molecule has 0 saturated carbocycles. The van der Waals surface area contributed by atoms with Crippen LogP contribution >= 0.6 is 11.8 Å². The lowest BCUT2D eigenvalue weighted by atomic mass is 9.87. The van der Waals surface area contributed by atoms with E-state index in [2.05, 4.69) is 59.9 Å². The molecule has 0 aliphatic carbocycles. The third-order valence-electron chi connectivity index (χ3n) is 5.82. The van der Waals surface area contributed by atoms with Gasteiger partial charge in [-0.15, -0.1) is 11.8 Å². The molecule has 0 fully saturated rings. The first-order valence-electron chi connectivity index (χ1n) is 11.3. The topological polar surface area (TPSA) is 84.6 Å². The second-order valence-corrected chi connectivity index (χ2v) is 10.3. The predicted octanol–water partition coefficient (Wildman–Crippen LogP) is 5.07. The maximum Gasteiger partial charge on any atom is 0.286 e. The fourth-order valence-electron chi connectivity index (χ4n) is 4.00. The lowest BCUT2D eigenvalue weighted by molar-refractivity contribution is 0.0975. The first-order chi connectivity index (χ1) is 16.2. The van der Waals surface area contributed by atoms with Gasteiger partial charge in [0.2, 0.25) is 5.82 Å². The van der Waals surface area contributed by atoms with Crippen LogP contribution in [0.25, 0.3) is 0 Å². The van der Waals surface area contributed by atoms with Gasteiger partial charge in [-0.2, -0.15) is 0 Å². The third kappa shape index (κ3) is 4.74. The predicted molar refractivity (Wildman–Crippen MR) is 137 cm³/mol. The average molecular weight is 478 g/mol. The van der Waals surface area contributed by atoms with Gasteiger partial charge in [0, 0.05) is 19.0 Å². The van der Waals surface area contributed by atoms with Crippen LogP contribution in [0.2, 0.25) is 0 Å². The largest absolute Gasteiger partial charge is 0.363 e. The highest BCUT2D eigenvalue weighted by Crippen LogP contribution is 2.46. The van der Waals surface area contributed by atoms with E-state index in [-0.39, 0.29) is 17.4 Å². The number of carbonyl (C=O) groups is 1. The van der Waals surface area contributed by atoms with Gasteiger partial charge in [0.1, 0.15) is 5.69 Å². The zero-order chi connectivity index (χ0) is 24.5. The molecule has 1 aliphatic heterocycles. The van der Waals surface area contributed by atoms with Crippen molar-refractivity contribution in [1.82, 2.24) is 9.97 Å². The van der Waals surface area contributed by atoms with Gasteiger partial charge >= 0.3 is 0 Å². The SMILES string of the molecule is CCON1c2ccccc2N(C)C1c1nc(C(N)=O)ncc1SCc1ccc(C(C)(C)C)cc1. The number of anilines is 2. The smallest absolute Gasteiger partial charge is 0.286 e. The molecule has 1 amide bonds. The molecule has 3 aromatic rings. The molecule has 34 heavy (non-hydrogen) atoms. The minimum absolute atomic E-state index is 0.00492. The number of nitrogens with two attached hydrogens (primary N) is 1. The molecule has 2 aromatic carbocycles. The summed E-state index contributed by atoms with van der Waals surface area (Å²) in [5.41, 5.74) is 10.8. The van der Waals surface area contributed by atoms with E-state index in [1.807, 2.05) is 43.3 Å². The highest BCUT2D eigenvalue weighted by Gasteiger charge is 2.38. The van der Waals surface area contributed by atoms with Crippen molar-refractivity contribution in [2.75, 3.05) is 23.6 Å². The van der Waals surface area contributed by atoms with E-state index in [0.29, 0.717) is 12.3 Å². The van der Waals surface area contributed by atoms with Crippen LogP contribution in [-0.2, 0) is 16.0 Å². The summed E-state index contributed by atoms with van der Waals surface area (Å²) < 4.78 is 0. The molecule has 2 N–H and O–H groups in total. The number of carbonyl (C=O) groups excluding carboxylic acids is 1. The molecule has 0 bridgehead atoms. The first kappa shape index (κ1) is 24.0. The summed E-state index contributed by atoms with van der Waals surface area (Å²) in [6.45, 7) is 9.07. The molecule has 1 unspecified atom stereocenters. The van der Waals surface area contributed by atoms with Crippen molar-refractivity contribution in [1.29, 1.82) is 0 Å². The molecule has 178 valence electrons. The number of para-hydroxylation sites is 2. The number of aromatic nitrogens is 2. The van der Waals surface area contributed by atoms with Crippen LogP contribution in [0.4, 0.5) is 11.4 Å². The number of rotatable bonds is 7. The van der Waals surface area contributed by atoms with Crippen LogP contribution < -0.4 is 15.7 Å². The van der Waals surface area contributed by atoms with Crippen molar-refractivity contribution in [3.63, 3.8) is 0 Å². The summed E-state index contributed by atoms with van der Waals surface area (Å²) in [4.78, 5) is 29.8. The molecular weight excluding hydrogens is 446 g/mol. The van der Waals surface area contributed by atoms with Crippen molar-refractivity contribution >= 4 is 29.0 Å². The fourth-order valence-corrected chi connectivity index (χ4v) is 4.95. The molecule has 1 atom stereocenters. The van der Waals surface area contributed by atoms with Crippen LogP contribution in [0, 0.1) is 0 Å². The summed E-state index contributed by atoms with van der Waals surface area (Å²) in [6.07, 6.45) is 1.33. The van der Waals surface area contributed by atoms with E-state index in [1.165, 1.54) is 11.1 Å². The van der Waals surface area contributed by atoms with Crippen molar-refractivity contribution < 1.29 is 9.63 Å². The Kier molecular flexibility index (Phi) is 6.81. The molecule has 8 heteroatoms. The van der Waals surface area contributed by atoms with Crippen LogP contribution in [0.15, 0.2) is 59.6 Å². The maximum atomic E-state index is 11.9. The average Bonchev–Trinajstić information content (AvgIpc) is 3.09. The Labute approximate surface area is 205 Å². The molecule has 1 aliphatic rings. The van der Waals surface area contributed by atoms with Gasteiger partial charge in [-0.3, -0.25) is 9.63 Å². The van der Waals surface area contributed by atoms with Gasteiger partial charge in [0.05, 0.1) is 22.9 Å². The van der Waals surface area contributed by atoms with Gasteiger partial charge in [-0.1, -0.05) is 57.2 Å². The summed E-state index contributed by atoms with van der Waals surface area (Å²) in [5, 5.41) is 1.85. The van der Waals surface area contributed by atoms with E-state index in [0.717, 1.165) is 22.0 Å². The number of nitrogens with zero attached hydrogens (tertiary/aromatic N) is 4. The van der Waals surface area contributed by atoms with Crippen LogP contribution in [-0.4, -0.2) is 29.5 Å². The monoisotopic (exact) mass is 477 g/mol. The minimum Gasteiger partial charge on any atom is -0.363 e. The first-order valence-corrected chi connectivity index (χ1v) is 12.3. The zero-order valence-electron chi connectivity index (χ0n) is 20.3. The molecular formula is C26H31N5O2S. The molecule has 0 saturated heterocycles. The van der Waals surface area contributed by atoms with E-state index in [4.69, 9.17) is 10.6 Å². The number of benzene rings is 2. The highest BCUT2D eigenvalue weighted by molar-refractivity contribution is 7.98. The fraction of sp³-hybridized carbons (Fsp3) is 0.346. The molecule has 2 heterocycles. The summed E-state index contributed by atoms with van der Waals surface area (Å²) in [6, 6.07) is 16.7. The van der Waals surface area contributed by atoms with Crippen LogP contribution in [0.5, 0.6) is 0 Å². The highest BCUT2D eigenvalue weighted by atomic mass is 32.2. The number of thioether (sulfide) groups is 1. The Morgan fingerprint density at radius 3 is 2.41 bits per heavy atom. The molecule has 1 aromatic heterocycles. The molecule has 0 spiro atoms. The van der Waals surface area contributed by atoms with Crippen molar-refractivity contribution in [2.45, 2.75) is 49.9 Å². The number of hydrogen-bond donors (Lipinski definition) is 1. The van der Waals surface area contributed by atoms with Crippen LogP contribution in [0.3, 0.4) is 0 Å². The standard InChI is InChI=1S/C26H31N5O2S/c1-6-33-31-20-10-8-7-9-19(20)30(5)25(31)22-21(15-28-24(29-22)23(27)32)34-16-17-11-13-18(14-12-17)26(2,3)4/h7-15,25H,6,16H2,1-5H3,(H2,27,32). The Morgan fingerprint density at radius 1 is 1.12 bits per heavy atom. The van der Waals surface area contributed by atoms with Gasteiger partial charge in [-0.25, -0.2) is 15.0 Å².